The van der Waals surface area contributed by atoms with Gasteiger partial charge in [-0.1, -0.05) is 42.3 Å². The van der Waals surface area contributed by atoms with E-state index in [1.807, 2.05) is 42.5 Å². The molecule has 2 aromatic heterocycles. The highest BCUT2D eigenvalue weighted by Gasteiger charge is 2.46. The summed E-state index contributed by atoms with van der Waals surface area (Å²) in [5.41, 5.74) is 2.99. The molecule has 4 fully saturated rings. The Morgan fingerprint density at radius 2 is 1.63 bits per heavy atom. The maximum atomic E-state index is 17.0. The number of terminal acetylenes is 1. The second-order valence-electron chi connectivity index (χ2n) is 17.9. The van der Waals surface area contributed by atoms with Crippen molar-refractivity contribution in [2.24, 2.45) is 5.41 Å². The van der Waals surface area contributed by atoms with Gasteiger partial charge in [-0.05, 0) is 62.3 Å². The number of hydrogen-bond donors (Lipinski definition) is 2. The summed E-state index contributed by atoms with van der Waals surface area (Å²) < 4.78 is 23.5. The monoisotopic (exact) mass is 849 g/mol. The summed E-state index contributed by atoms with van der Waals surface area (Å²) in [5.74, 6) is 0.772. The van der Waals surface area contributed by atoms with E-state index in [9.17, 15) is 19.2 Å². The van der Waals surface area contributed by atoms with Crippen LogP contribution in [0, 0.1) is 23.6 Å². The number of fused-ring (bicyclic) bond motifs is 3. The summed E-state index contributed by atoms with van der Waals surface area (Å²) in [6.45, 7) is 10.8. The fourth-order valence-corrected chi connectivity index (χ4v) is 9.87. The van der Waals surface area contributed by atoms with Crippen molar-refractivity contribution in [3.05, 3.63) is 88.9 Å². The number of nitrogens with zero attached hydrogens (tertiary/aromatic N) is 7. The fourth-order valence-electron chi connectivity index (χ4n) is 9.87. The molecule has 14 nitrogen and oxygen atoms in total. The van der Waals surface area contributed by atoms with E-state index in [4.69, 9.17) is 26.1 Å². The lowest BCUT2D eigenvalue weighted by Crippen LogP contribution is -2.54. The van der Waals surface area contributed by atoms with Gasteiger partial charge in [0.25, 0.3) is 11.8 Å². The minimum atomic E-state index is -0.992. The van der Waals surface area contributed by atoms with Gasteiger partial charge in [0.2, 0.25) is 11.8 Å². The number of carbonyl (C=O) groups is 4. The molecule has 6 heterocycles. The average Bonchev–Trinajstić information content (AvgIpc) is 4.00. The number of hydrogen-bond acceptors (Lipinski definition) is 12. The summed E-state index contributed by atoms with van der Waals surface area (Å²) in [4.78, 5) is 73.1. The van der Waals surface area contributed by atoms with Crippen LogP contribution >= 0.6 is 0 Å². The Labute approximate surface area is 364 Å². The van der Waals surface area contributed by atoms with Crippen LogP contribution in [0.4, 0.5) is 10.2 Å². The Balaban J connectivity index is 0.829. The Hall–Kier alpha value is -6.34. The number of nitrogens with one attached hydrogen (secondary N) is 2. The Kier molecular flexibility index (Phi) is 10.4. The van der Waals surface area contributed by atoms with Crippen molar-refractivity contribution in [2.45, 2.75) is 64.2 Å². The van der Waals surface area contributed by atoms with Crippen LogP contribution in [0.2, 0.25) is 0 Å². The molecule has 15 heteroatoms. The molecule has 322 valence electrons. The van der Waals surface area contributed by atoms with Gasteiger partial charge in [0.05, 0.1) is 23.1 Å². The largest absolute Gasteiger partial charge is 0.463 e. The maximum absolute atomic E-state index is 17.0. The minimum absolute atomic E-state index is 0.0729. The third kappa shape index (κ3) is 7.66. The molecule has 3 aromatic carbocycles. The SMILES string of the molecule is C#Cc1cccc2cccc(-c3ncc4c(N5CC(C)NC(C)C5)nc(OCC5(CN6CCN(Cc7ccc8c(c7)C(=O)N(C7CCC(=O)NC7=O)C8=O)CC6)CC5)nc4c3F)c12. The Bertz CT molecular complexity index is 2750. The van der Waals surface area contributed by atoms with Crippen LogP contribution in [0.25, 0.3) is 32.9 Å². The molecule has 2 N–H and O–H groups in total. The standard InChI is InChI=1S/C48H48FN9O5/c1-4-31-7-5-8-32-9-6-10-34(39(31)32)41-40(49)42-36(22-50-41)43(57-23-28(2)51-29(3)24-57)54-47(53-42)63-27-48(15-16-48)26-56-19-17-55(18-20-56)25-30-11-12-33-35(21-30)46(62)58(45(33)61)37-13-14-38(59)52-44(37)60/h1,5-12,21-22,28-29,37,51H,13-20,23-27H2,2-3H3,(H,52,59,60). The van der Waals surface area contributed by atoms with Crippen molar-refractivity contribution in [3.8, 4) is 29.6 Å². The predicted octanol–water partition coefficient (Wildman–Crippen LogP) is 4.53. The molecule has 3 atom stereocenters. The lowest BCUT2D eigenvalue weighted by Gasteiger charge is -2.37. The number of piperazine rings is 2. The third-order valence-corrected chi connectivity index (χ3v) is 13.2. The molecule has 1 saturated carbocycles. The molecule has 4 amide bonds. The zero-order valence-corrected chi connectivity index (χ0v) is 35.3. The molecule has 0 spiro atoms. The van der Waals surface area contributed by atoms with Gasteiger partial charge in [0.1, 0.15) is 23.1 Å². The lowest BCUT2D eigenvalue weighted by atomic mass is 9.97. The van der Waals surface area contributed by atoms with Crippen molar-refractivity contribution in [1.29, 1.82) is 0 Å². The van der Waals surface area contributed by atoms with Crippen molar-refractivity contribution in [1.82, 2.24) is 40.3 Å². The van der Waals surface area contributed by atoms with Gasteiger partial charge in [-0.25, -0.2) is 4.39 Å². The highest BCUT2D eigenvalue weighted by atomic mass is 19.1. The topological polar surface area (TPSA) is 153 Å². The number of piperidine rings is 1. The Morgan fingerprint density at radius 3 is 2.37 bits per heavy atom. The molecule has 3 saturated heterocycles. The molecule has 0 radical (unpaired) electrons. The number of rotatable bonds is 10. The highest BCUT2D eigenvalue weighted by molar-refractivity contribution is 6.23. The second kappa shape index (κ2) is 16.1. The van der Waals surface area contributed by atoms with E-state index in [1.54, 1.807) is 18.3 Å². The second-order valence-corrected chi connectivity index (χ2v) is 17.9. The molecular formula is C48H48FN9O5. The van der Waals surface area contributed by atoms with Crippen molar-refractivity contribution < 1.29 is 28.3 Å². The van der Waals surface area contributed by atoms with E-state index in [0.29, 0.717) is 54.1 Å². The minimum Gasteiger partial charge on any atom is -0.463 e. The number of benzene rings is 3. The number of carbonyl (C=O) groups excluding carboxylic acids is 4. The molecule has 63 heavy (non-hydrogen) atoms. The normalized spacial score (nSPS) is 22.7. The van der Waals surface area contributed by atoms with Crippen molar-refractivity contribution >= 4 is 51.1 Å². The van der Waals surface area contributed by atoms with Crippen molar-refractivity contribution in [3.63, 3.8) is 0 Å². The van der Waals surface area contributed by atoms with Crippen LogP contribution in [0.3, 0.4) is 0 Å². The zero-order chi connectivity index (χ0) is 43.6. The van der Waals surface area contributed by atoms with Crippen molar-refractivity contribution in [2.75, 3.05) is 57.3 Å². The molecule has 10 rings (SSSR count). The molecular weight excluding hydrogens is 802 g/mol. The molecule has 5 aliphatic rings. The number of ether oxygens (including phenoxy) is 1. The Morgan fingerprint density at radius 1 is 0.905 bits per heavy atom. The van der Waals surface area contributed by atoms with Gasteiger partial charge in [-0.3, -0.25) is 39.3 Å². The van der Waals surface area contributed by atoms with E-state index in [0.717, 1.165) is 66.8 Å². The predicted molar refractivity (Wildman–Crippen MR) is 234 cm³/mol. The van der Waals surface area contributed by atoms with Gasteiger partial charge >= 0.3 is 6.01 Å². The molecule has 3 unspecified atom stereocenters. The van der Waals surface area contributed by atoms with Gasteiger partial charge in [-0.15, -0.1) is 6.42 Å². The van der Waals surface area contributed by atoms with Crippen LogP contribution in [0.5, 0.6) is 6.01 Å². The maximum Gasteiger partial charge on any atom is 0.319 e. The van der Waals surface area contributed by atoms with Gasteiger partial charge in [0.15, 0.2) is 5.82 Å². The van der Waals surface area contributed by atoms with Gasteiger partial charge in [0, 0.05) is 99.0 Å². The molecule has 4 aliphatic heterocycles. The summed E-state index contributed by atoms with van der Waals surface area (Å²) in [5, 5.41) is 8.00. The average molecular weight is 850 g/mol. The first kappa shape index (κ1) is 40.7. The summed E-state index contributed by atoms with van der Waals surface area (Å²) >= 11 is 0. The fraction of sp³-hybridized carbons (Fsp3) is 0.396. The first-order chi connectivity index (χ1) is 30.5. The number of imide groups is 2. The van der Waals surface area contributed by atoms with E-state index in [2.05, 4.69) is 45.1 Å². The van der Waals surface area contributed by atoms with Crippen LogP contribution in [-0.2, 0) is 16.1 Å². The van der Waals surface area contributed by atoms with Gasteiger partial charge < -0.3 is 19.9 Å². The van der Waals surface area contributed by atoms with E-state index in [-0.39, 0.29) is 53.1 Å². The van der Waals surface area contributed by atoms with Gasteiger partial charge in [-0.2, -0.15) is 9.97 Å². The first-order valence-corrected chi connectivity index (χ1v) is 21.8. The smallest absolute Gasteiger partial charge is 0.319 e. The first-order valence-electron chi connectivity index (χ1n) is 21.8. The summed E-state index contributed by atoms with van der Waals surface area (Å²) in [6, 6.07) is 16.2. The number of anilines is 1. The van der Waals surface area contributed by atoms with Crippen LogP contribution in [0.15, 0.2) is 60.8 Å². The summed E-state index contributed by atoms with van der Waals surface area (Å²) in [6.07, 6.45) is 9.77. The van der Waals surface area contributed by atoms with Crippen LogP contribution in [0.1, 0.15) is 71.4 Å². The number of aromatic nitrogens is 3. The number of pyridine rings is 1. The molecule has 5 aromatic rings. The third-order valence-electron chi connectivity index (χ3n) is 13.2. The van der Waals surface area contributed by atoms with E-state index >= 15 is 4.39 Å². The zero-order valence-electron chi connectivity index (χ0n) is 35.3. The molecule has 1 aliphatic carbocycles. The summed E-state index contributed by atoms with van der Waals surface area (Å²) in [7, 11) is 0. The number of halogens is 1. The highest BCUT2D eigenvalue weighted by Crippen LogP contribution is 2.47. The molecule has 0 bridgehead atoms. The number of amides is 4. The lowest BCUT2D eigenvalue weighted by molar-refractivity contribution is -0.136. The quantitative estimate of drug-likeness (QED) is 0.150. The van der Waals surface area contributed by atoms with E-state index in [1.165, 1.54) is 0 Å². The van der Waals surface area contributed by atoms with E-state index < -0.39 is 35.5 Å². The van der Waals surface area contributed by atoms with Crippen LogP contribution in [-0.4, -0.2) is 124 Å². The van der Waals surface area contributed by atoms with Crippen LogP contribution < -0.4 is 20.3 Å².